The van der Waals surface area contributed by atoms with Gasteiger partial charge >= 0.3 is 0 Å². The van der Waals surface area contributed by atoms with Gasteiger partial charge in [0.2, 0.25) is 5.91 Å². The fourth-order valence-corrected chi connectivity index (χ4v) is 3.10. The van der Waals surface area contributed by atoms with Gasteiger partial charge < -0.3 is 10.6 Å². The van der Waals surface area contributed by atoms with Crippen LogP contribution in [0.3, 0.4) is 0 Å². The van der Waals surface area contributed by atoms with Crippen molar-refractivity contribution in [3.8, 4) is 0 Å². The van der Waals surface area contributed by atoms with Crippen molar-refractivity contribution in [1.29, 1.82) is 0 Å². The summed E-state index contributed by atoms with van der Waals surface area (Å²) in [5.41, 5.74) is 5.64. The van der Waals surface area contributed by atoms with Crippen molar-refractivity contribution in [3.63, 3.8) is 0 Å². The average Bonchev–Trinajstić information content (AvgIpc) is 2.38. The van der Waals surface area contributed by atoms with E-state index in [4.69, 9.17) is 5.73 Å². The van der Waals surface area contributed by atoms with Gasteiger partial charge in [-0.25, -0.2) is 0 Å². The highest BCUT2D eigenvalue weighted by molar-refractivity contribution is 7.99. The molecule has 4 heteroatoms. The number of hydrogen-bond acceptors (Lipinski definition) is 3. The standard InChI is InChI=1S/C13H26N2OS/c1-2-3-9-17-10-6-13(16)15-7-4-12(11-14)5-8-15/h12H,2-11,14H2,1H3. The third-order valence-electron chi connectivity index (χ3n) is 3.40. The Morgan fingerprint density at radius 1 is 1.35 bits per heavy atom. The molecule has 2 N–H and O–H groups in total. The van der Waals surface area contributed by atoms with E-state index >= 15 is 0 Å². The molecule has 0 aromatic carbocycles. The maximum absolute atomic E-state index is 11.9. The minimum absolute atomic E-state index is 0.337. The average molecular weight is 258 g/mol. The maximum atomic E-state index is 11.9. The van der Waals surface area contributed by atoms with Crippen LogP contribution in [0, 0.1) is 5.92 Å². The number of carbonyl (C=O) groups is 1. The minimum atomic E-state index is 0.337. The summed E-state index contributed by atoms with van der Waals surface area (Å²) in [6, 6.07) is 0. The molecule has 17 heavy (non-hydrogen) atoms. The quantitative estimate of drug-likeness (QED) is 0.711. The zero-order valence-electron chi connectivity index (χ0n) is 11.0. The lowest BCUT2D eigenvalue weighted by Gasteiger charge is -2.31. The van der Waals surface area contributed by atoms with Crippen molar-refractivity contribution < 1.29 is 4.79 Å². The molecule has 1 aliphatic heterocycles. The van der Waals surface area contributed by atoms with E-state index in [9.17, 15) is 4.79 Å². The third kappa shape index (κ3) is 5.77. The smallest absolute Gasteiger partial charge is 0.223 e. The zero-order valence-corrected chi connectivity index (χ0v) is 11.8. The van der Waals surface area contributed by atoms with Crippen LogP contribution in [0.25, 0.3) is 0 Å². The largest absolute Gasteiger partial charge is 0.343 e. The van der Waals surface area contributed by atoms with E-state index < -0.39 is 0 Å². The van der Waals surface area contributed by atoms with E-state index in [1.165, 1.54) is 18.6 Å². The van der Waals surface area contributed by atoms with Crippen molar-refractivity contribution in [3.05, 3.63) is 0 Å². The van der Waals surface area contributed by atoms with Gasteiger partial charge in [-0.15, -0.1) is 0 Å². The van der Waals surface area contributed by atoms with Crippen molar-refractivity contribution >= 4 is 17.7 Å². The number of piperidine rings is 1. The molecule has 0 bridgehead atoms. The lowest BCUT2D eigenvalue weighted by Crippen LogP contribution is -2.40. The van der Waals surface area contributed by atoms with Gasteiger partial charge in [0, 0.05) is 25.3 Å². The Labute approximate surface area is 109 Å². The van der Waals surface area contributed by atoms with Crippen molar-refractivity contribution in [2.24, 2.45) is 11.7 Å². The van der Waals surface area contributed by atoms with Crippen molar-refractivity contribution in [1.82, 2.24) is 4.90 Å². The summed E-state index contributed by atoms with van der Waals surface area (Å²) < 4.78 is 0. The molecule has 1 aliphatic rings. The molecule has 0 spiro atoms. The van der Waals surface area contributed by atoms with Crippen LogP contribution >= 0.6 is 11.8 Å². The Morgan fingerprint density at radius 2 is 2.06 bits per heavy atom. The highest BCUT2D eigenvalue weighted by Gasteiger charge is 2.21. The molecule has 0 saturated carbocycles. The van der Waals surface area contributed by atoms with E-state index in [-0.39, 0.29) is 0 Å². The lowest BCUT2D eigenvalue weighted by molar-refractivity contribution is -0.132. The number of rotatable bonds is 7. The van der Waals surface area contributed by atoms with Gasteiger partial charge in [0.05, 0.1) is 0 Å². The van der Waals surface area contributed by atoms with Gasteiger partial charge in [0.25, 0.3) is 0 Å². The summed E-state index contributed by atoms with van der Waals surface area (Å²) in [4.78, 5) is 13.9. The Bertz CT molecular complexity index is 215. The summed E-state index contributed by atoms with van der Waals surface area (Å²) >= 11 is 1.91. The highest BCUT2D eigenvalue weighted by Crippen LogP contribution is 2.17. The fourth-order valence-electron chi connectivity index (χ4n) is 2.08. The van der Waals surface area contributed by atoms with Crippen LogP contribution in [-0.4, -0.2) is 41.9 Å². The van der Waals surface area contributed by atoms with Crippen LogP contribution in [0.15, 0.2) is 0 Å². The van der Waals surface area contributed by atoms with Crippen molar-refractivity contribution in [2.45, 2.75) is 39.0 Å². The van der Waals surface area contributed by atoms with E-state index in [1.807, 2.05) is 16.7 Å². The van der Waals surface area contributed by atoms with Crippen LogP contribution < -0.4 is 5.73 Å². The summed E-state index contributed by atoms with van der Waals surface area (Å²) in [6.07, 6.45) is 5.40. The number of hydrogen-bond donors (Lipinski definition) is 1. The lowest BCUT2D eigenvalue weighted by atomic mass is 9.97. The van der Waals surface area contributed by atoms with Gasteiger partial charge in [-0.1, -0.05) is 13.3 Å². The number of amides is 1. The van der Waals surface area contributed by atoms with E-state index in [2.05, 4.69) is 6.92 Å². The fraction of sp³-hybridized carbons (Fsp3) is 0.923. The highest BCUT2D eigenvalue weighted by atomic mass is 32.2. The number of carbonyl (C=O) groups excluding carboxylic acids is 1. The van der Waals surface area contributed by atoms with Crippen molar-refractivity contribution in [2.75, 3.05) is 31.1 Å². The van der Waals surface area contributed by atoms with Gasteiger partial charge in [-0.05, 0) is 37.5 Å². The Kier molecular flexibility index (Phi) is 7.69. The Hall–Kier alpha value is -0.220. The summed E-state index contributed by atoms with van der Waals surface area (Å²) in [5, 5.41) is 0. The second-order valence-electron chi connectivity index (χ2n) is 4.78. The molecule has 3 nitrogen and oxygen atoms in total. The van der Waals surface area contributed by atoms with E-state index in [1.54, 1.807) is 0 Å². The van der Waals surface area contributed by atoms with Gasteiger partial charge in [-0.3, -0.25) is 4.79 Å². The number of unbranched alkanes of at least 4 members (excludes halogenated alkanes) is 1. The summed E-state index contributed by atoms with van der Waals surface area (Å²) in [5.74, 6) is 3.15. The second-order valence-corrected chi connectivity index (χ2v) is 6.00. The molecule has 1 amide bonds. The number of thioether (sulfide) groups is 1. The van der Waals surface area contributed by atoms with E-state index in [0.29, 0.717) is 18.2 Å². The molecule has 0 radical (unpaired) electrons. The van der Waals surface area contributed by atoms with Crippen LogP contribution in [0.1, 0.15) is 39.0 Å². The molecule has 1 fully saturated rings. The van der Waals surface area contributed by atoms with E-state index in [0.717, 1.165) is 38.2 Å². The molecule has 0 atom stereocenters. The Morgan fingerprint density at radius 3 is 2.65 bits per heavy atom. The molecule has 100 valence electrons. The summed E-state index contributed by atoms with van der Waals surface area (Å²) in [6.45, 7) is 4.81. The van der Waals surface area contributed by atoms with Gasteiger partial charge in [0.15, 0.2) is 0 Å². The normalized spacial score (nSPS) is 17.4. The molecule has 1 rings (SSSR count). The van der Waals surface area contributed by atoms with Gasteiger partial charge in [-0.2, -0.15) is 11.8 Å². The third-order valence-corrected chi connectivity index (χ3v) is 4.47. The molecule has 0 aromatic heterocycles. The number of nitrogens with zero attached hydrogens (tertiary/aromatic N) is 1. The molecule has 1 saturated heterocycles. The number of likely N-dealkylation sites (tertiary alicyclic amines) is 1. The monoisotopic (exact) mass is 258 g/mol. The molecule has 0 aromatic rings. The van der Waals surface area contributed by atoms with Crippen LogP contribution in [0.2, 0.25) is 0 Å². The topological polar surface area (TPSA) is 46.3 Å². The first-order valence-electron chi connectivity index (χ1n) is 6.83. The molecular formula is C13H26N2OS. The first kappa shape index (κ1) is 14.8. The predicted molar refractivity (Wildman–Crippen MR) is 75.2 cm³/mol. The minimum Gasteiger partial charge on any atom is -0.343 e. The maximum Gasteiger partial charge on any atom is 0.223 e. The predicted octanol–water partition coefficient (Wildman–Crippen LogP) is 2.11. The van der Waals surface area contributed by atoms with Crippen LogP contribution in [-0.2, 0) is 4.79 Å². The molecule has 0 aliphatic carbocycles. The van der Waals surface area contributed by atoms with Crippen LogP contribution in [0.5, 0.6) is 0 Å². The molecule has 1 heterocycles. The Balaban J connectivity index is 2.08. The SMILES string of the molecule is CCCCSCCC(=O)N1CCC(CN)CC1. The zero-order chi connectivity index (χ0) is 12.5. The summed E-state index contributed by atoms with van der Waals surface area (Å²) in [7, 11) is 0. The first-order valence-corrected chi connectivity index (χ1v) is 7.99. The molecular weight excluding hydrogens is 232 g/mol. The first-order chi connectivity index (χ1) is 8.27. The second kappa shape index (κ2) is 8.81. The van der Waals surface area contributed by atoms with Gasteiger partial charge in [0.1, 0.15) is 0 Å². The van der Waals surface area contributed by atoms with Crippen LogP contribution in [0.4, 0.5) is 0 Å². The number of nitrogens with two attached hydrogens (primary N) is 1. The molecule has 0 unspecified atom stereocenters.